The maximum Gasteiger partial charge on any atom is 0.275 e. The number of nitrogens with one attached hydrogen (secondary N) is 1. The van der Waals surface area contributed by atoms with Gasteiger partial charge < -0.3 is 14.8 Å². The molecule has 1 saturated heterocycles. The van der Waals surface area contributed by atoms with Crippen molar-refractivity contribution in [1.29, 1.82) is 0 Å². The zero-order chi connectivity index (χ0) is 19.7. The highest BCUT2D eigenvalue weighted by molar-refractivity contribution is 5.92. The summed E-state index contributed by atoms with van der Waals surface area (Å²) in [5, 5.41) is 18.5. The highest BCUT2D eigenvalue weighted by Crippen LogP contribution is 2.23. The summed E-state index contributed by atoms with van der Waals surface area (Å²) in [4.78, 5) is 29.6. The molecule has 1 fully saturated rings. The van der Waals surface area contributed by atoms with Gasteiger partial charge in [-0.05, 0) is 18.2 Å². The van der Waals surface area contributed by atoms with Crippen LogP contribution in [0.3, 0.4) is 0 Å². The zero-order valence-corrected chi connectivity index (χ0v) is 16.5. The Morgan fingerprint density at radius 1 is 1.24 bits per heavy atom. The third kappa shape index (κ3) is 3.98. The highest BCUT2D eigenvalue weighted by Gasteiger charge is 2.32. The van der Waals surface area contributed by atoms with Crippen LogP contribution in [0.1, 0.15) is 22.4 Å². The summed E-state index contributed by atoms with van der Waals surface area (Å²) in [5.41, 5.74) is 0.969. The first kappa shape index (κ1) is 20.5. The molecule has 1 unspecified atom stereocenters. The second-order valence-electron chi connectivity index (χ2n) is 6.53. The molecule has 0 bridgehead atoms. The highest BCUT2D eigenvalue weighted by atomic mass is 35.5. The van der Waals surface area contributed by atoms with E-state index in [2.05, 4.69) is 15.4 Å². The van der Waals surface area contributed by atoms with E-state index in [0.717, 1.165) is 5.82 Å². The number of hydrogen-bond donors (Lipinski definition) is 1. The molecule has 3 heterocycles. The van der Waals surface area contributed by atoms with Crippen molar-refractivity contribution in [2.45, 2.75) is 6.04 Å². The quantitative estimate of drug-likeness (QED) is 0.511. The van der Waals surface area contributed by atoms with Crippen molar-refractivity contribution >= 4 is 24.0 Å². The second kappa shape index (κ2) is 8.41. The first-order valence-electron chi connectivity index (χ1n) is 8.84. The maximum atomic E-state index is 13.1. The van der Waals surface area contributed by atoms with Gasteiger partial charge in [0.05, 0.1) is 10.6 Å². The van der Waals surface area contributed by atoms with Gasteiger partial charge in [0.2, 0.25) is 0 Å². The number of rotatable bonds is 4. The molecule has 2 aromatic heterocycles. The summed E-state index contributed by atoms with van der Waals surface area (Å²) in [6.45, 7) is 1.89. The Hall–Kier alpha value is -3.24. The average molecular weight is 418 g/mol. The summed E-state index contributed by atoms with van der Waals surface area (Å²) in [6.07, 6.45) is 5.25. The molecule has 1 N–H and O–H groups in total. The molecule has 152 valence electrons. The van der Waals surface area contributed by atoms with Gasteiger partial charge in [-0.15, -0.1) is 12.4 Å². The van der Waals surface area contributed by atoms with E-state index >= 15 is 0 Å². The largest absolute Gasteiger partial charge is 0.336 e. The van der Waals surface area contributed by atoms with E-state index in [1.165, 1.54) is 16.8 Å². The molecule has 10 nitrogen and oxygen atoms in total. The molecule has 3 aromatic rings. The van der Waals surface area contributed by atoms with Crippen molar-refractivity contribution in [3.8, 4) is 5.69 Å². The Labute approximate surface area is 172 Å². The van der Waals surface area contributed by atoms with E-state index < -0.39 is 4.92 Å². The minimum absolute atomic E-state index is 0. The average Bonchev–Trinajstić information content (AvgIpc) is 3.37. The molecule has 11 heteroatoms. The van der Waals surface area contributed by atoms with E-state index in [1.54, 1.807) is 35.5 Å². The molecular weight excluding hydrogens is 398 g/mol. The molecule has 1 aliphatic rings. The van der Waals surface area contributed by atoms with Gasteiger partial charge >= 0.3 is 0 Å². The number of hydrogen-bond acceptors (Lipinski definition) is 6. The van der Waals surface area contributed by atoms with Crippen LogP contribution >= 0.6 is 12.4 Å². The van der Waals surface area contributed by atoms with Crippen LogP contribution in [-0.2, 0) is 7.05 Å². The van der Waals surface area contributed by atoms with Crippen LogP contribution in [0.15, 0.2) is 48.9 Å². The van der Waals surface area contributed by atoms with Crippen molar-refractivity contribution in [1.82, 2.24) is 29.5 Å². The summed E-state index contributed by atoms with van der Waals surface area (Å²) in [7, 11) is 1.91. The van der Waals surface area contributed by atoms with Crippen molar-refractivity contribution in [3.05, 3.63) is 70.6 Å². The third-order valence-corrected chi connectivity index (χ3v) is 4.79. The Bertz CT molecular complexity index is 1010. The first-order valence-corrected chi connectivity index (χ1v) is 8.84. The minimum Gasteiger partial charge on any atom is -0.336 e. The Morgan fingerprint density at radius 2 is 2.00 bits per heavy atom. The number of carbonyl (C=O) groups is 1. The first-order chi connectivity index (χ1) is 13.5. The van der Waals surface area contributed by atoms with E-state index in [4.69, 9.17) is 0 Å². The van der Waals surface area contributed by atoms with E-state index in [9.17, 15) is 14.9 Å². The fraction of sp³-hybridized carbons (Fsp3) is 0.278. The number of non-ortho nitro benzene ring substituents is 1. The van der Waals surface area contributed by atoms with Crippen molar-refractivity contribution in [2.24, 2.45) is 7.05 Å². The van der Waals surface area contributed by atoms with Crippen molar-refractivity contribution in [2.75, 3.05) is 19.6 Å². The molecule has 0 spiro atoms. The maximum absolute atomic E-state index is 13.1. The van der Waals surface area contributed by atoms with Gasteiger partial charge in [-0.1, -0.05) is 0 Å². The number of piperazine rings is 1. The van der Waals surface area contributed by atoms with Crippen LogP contribution < -0.4 is 5.32 Å². The van der Waals surface area contributed by atoms with E-state index in [1.807, 2.05) is 17.8 Å². The van der Waals surface area contributed by atoms with Crippen LogP contribution in [0, 0.1) is 10.1 Å². The molecule has 0 saturated carbocycles. The molecule has 0 radical (unpaired) electrons. The van der Waals surface area contributed by atoms with Crippen LogP contribution in [0.4, 0.5) is 5.69 Å². The third-order valence-electron chi connectivity index (χ3n) is 4.79. The van der Waals surface area contributed by atoms with E-state index in [-0.39, 0.29) is 30.0 Å². The standard InChI is InChI=1S/C18H19N7O3.ClH/c1-22-10-8-20-17(22)16-12-19-7-11-23(16)18(26)15-6-9-24(21-15)13-2-4-14(5-3-13)25(27)28;/h2-6,8-10,16,19H,7,11-12H2,1H3;1H. The molecule has 29 heavy (non-hydrogen) atoms. The predicted molar refractivity (Wildman–Crippen MR) is 107 cm³/mol. The number of nitro groups is 1. The molecular formula is C18H20ClN7O3. The van der Waals surface area contributed by atoms with Crippen LogP contribution in [0.2, 0.25) is 0 Å². The second-order valence-corrected chi connectivity index (χ2v) is 6.53. The fourth-order valence-electron chi connectivity index (χ4n) is 3.33. The number of benzene rings is 1. The summed E-state index contributed by atoms with van der Waals surface area (Å²) < 4.78 is 3.45. The monoisotopic (exact) mass is 417 g/mol. The van der Waals surface area contributed by atoms with Gasteiger partial charge in [0.1, 0.15) is 11.9 Å². The number of carbonyl (C=O) groups excluding carboxylic acids is 1. The van der Waals surface area contributed by atoms with Crippen LogP contribution in [0.5, 0.6) is 0 Å². The van der Waals surface area contributed by atoms with Crippen LogP contribution in [-0.4, -0.2) is 54.7 Å². The Balaban J connectivity index is 0.00000240. The molecule has 1 aromatic carbocycles. The van der Waals surface area contributed by atoms with Gasteiger partial charge in [-0.3, -0.25) is 14.9 Å². The van der Waals surface area contributed by atoms with Crippen LogP contribution in [0.25, 0.3) is 5.69 Å². The minimum atomic E-state index is -0.454. The van der Waals surface area contributed by atoms with Crippen molar-refractivity contribution in [3.63, 3.8) is 0 Å². The lowest BCUT2D eigenvalue weighted by molar-refractivity contribution is -0.384. The van der Waals surface area contributed by atoms with E-state index in [0.29, 0.717) is 31.0 Å². The van der Waals surface area contributed by atoms with Gasteiger partial charge in [0, 0.05) is 57.4 Å². The lowest BCUT2D eigenvalue weighted by Crippen LogP contribution is -2.49. The lowest BCUT2D eigenvalue weighted by atomic mass is 10.1. The van der Waals surface area contributed by atoms with Crippen molar-refractivity contribution < 1.29 is 9.72 Å². The lowest BCUT2D eigenvalue weighted by Gasteiger charge is -2.35. The SMILES string of the molecule is Cl.Cn1ccnc1C1CNCCN1C(=O)c1ccn(-c2ccc([N+](=O)[O-])cc2)n1. The number of aryl methyl sites for hydroxylation is 1. The molecule has 4 rings (SSSR count). The molecule has 0 aliphatic carbocycles. The summed E-state index contributed by atoms with van der Waals surface area (Å²) >= 11 is 0. The zero-order valence-electron chi connectivity index (χ0n) is 15.6. The normalized spacial score (nSPS) is 16.3. The van der Waals surface area contributed by atoms with Gasteiger partial charge in [-0.2, -0.15) is 5.10 Å². The number of amides is 1. The molecule has 1 aliphatic heterocycles. The number of aromatic nitrogens is 4. The Morgan fingerprint density at radius 3 is 2.66 bits per heavy atom. The van der Waals surface area contributed by atoms with Gasteiger partial charge in [0.25, 0.3) is 11.6 Å². The van der Waals surface area contributed by atoms with Gasteiger partial charge in [-0.25, -0.2) is 9.67 Å². The topological polar surface area (TPSA) is 111 Å². The Kier molecular flexibility index (Phi) is 5.95. The fourth-order valence-corrected chi connectivity index (χ4v) is 3.33. The number of nitro benzene ring substituents is 1. The molecule has 1 atom stereocenters. The molecule has 1 amide bonds. The predicted octanol–water partition coefficient (Wildman–Crippen LogP) is 1.72. The number of nitrogens with zero attached hydrogens (tertiary/aromatic N) is 6. The smallest absolute Gasteiger partial charge is 0.275 e. The number of halogens is 1. The summed E-state index contributed by atoms with van der Waals surface area (Å²) in [6, 6.07) is 7.49. The van der Waals surface area contributed by atoms with Gasteiger partial charge in [0.15, 0.2) is 5.69 Å². The number of imidazole rings is 1. The summed E-state index contributed by atoms with van der Waals surface area (Å²) in [5.74, 6) is 0.644.